The Labute approximate surface area is 136 Å². The van der Waals surface area contributed by atoms with Gasteiger partial charge in [0.25, 0.3) is 0 Å². The van der Waals surface area contributed by atoms with Gasteiger partial charge in [-0.15, -0.1) is 0 Å². The Balaban J connectivity index is 2.39. The molecule has 1 N–H and O–H groups in total. The second-order valence-corrected chi connectivity index (χ2v) is 6.34. The summed E-state index contributed by atoms with van der Waals surface area (Å²) in [6.07, 6.45) is 1.56. The smallest absolute Gasteiger partial charge is 0.336 e. The molecule has 0 bridgehead atoms. The molecule has 0 aliphatic heterocycles. The second-order valence-electron chi connectivity index (χ2n) is 3.56. The molecule has 0 saturated carbocycles. The van der Waals surface area contributed by atoms with Gasteiger partial charge in [-0.3, -0.25) is 0 Å². The lowest BCUT2D eigenvalue weighted by Gasteiger charge is -2.07. The monoisotopic (exact) mass is 418 g/mol. The van der Waals surface area contributed by atoms with Crippen LogP contribution in [0.4, 0.5) is 0 Å². The standard InChI is InChI=1S/C12H8Br2N2O3S/c1-19-10-8(14)5-15-12(16-10)20-9-4-6(13)2-3-7(9)11(17)18/h2-5H,1H3,(H,17,18). The molecule has 1 aromatic carbocycles. The lowest BCUT2D eigenvalue weighted by atomic mass is 10.2. The largest absolute Gasteiger partial charge is 0.480 e. The van der Waals surface area contributed by atoms with E-state index in [-0.39, 0.29) is 5.56 Å². The number of methoxy groups -OCH3 is 1. The van der Waals surface area contributed by atoms with E-state index in [4.69, 9.17) is 4.74 Å². The van der Waals surface area contributed by atoms with Gasteiger partial charge in [0.05, 0.1) is 17.1 Å². The molecule has 0 unspecified atom stereocenters. The van der Waals surface area contributed by atoms with Crippen LogP contribution in [0, 0.1) is 0 Å². The summed E-state index contributed by atoms with van der Waals surface area (Å²) in [7, 11) is 1.50. The highest BCUT2D eigenvalue weighted by Crippen LogP contribution is 2.32. The number of benzene rings is 1. The molecule has 104 valence electrons. The van der Waals surface area contributed by atoms with Crippen molar-refractivity contribution in [2.75, 3.05) is 7.11 Å². The highest BCUT2D eigenvalue weighted by molar-refractivity contribution is 9.10. The van der Waals surface area contributed by atoms with Gasteiger partial charge in [-0.2, -0.15) is 4.98 Å². The Morgan fingerprint density at radius 1 is 1.40 bits per heavy atom. The zero-order valence-electron chi connectivity index (χ0n) is 10.1. The molecule has 8 heteroatoms. The van der Waals surface area contributed by atoms with Crippen molar-refractivity contribution in [3.05, 3.63) is 38.9 Å². The molecule has 20 heavy (non-hydrogen) atoms. The van der Waals surface area contributed by atoms with Crippen molar-refractivity contribution < 1.29 is 14.6 Å². The molecular weight excluding hydrogens is 412 g/mol. The SMILES string of the molecule is COc1nc(Sc2cc(Br)ccc2C(=O)O)ncc1Br. The van der Waals surface area contributed by atoms with Crippen molar-refractivity contribution in [1.29, 1.82) is 0 Å². The van der Waals surface area contributed by atoms with Crippen molar-refractivity contribution in [3.63, 3.8) is 0 Å². The summed E-state index contributed by atoms with van der Waals surface area (Å²) in [5.74, 6) is -0.599. The molecule has 2 rings (SSSR count). The number of aromatic carboxylic acids is 1. The van der Waals surface area contributed by atoms with E-state index in [0.29, 0.717) is 20.4 Å². The van der Waals surface area contributed by atoms with Crippen molar-refractivity contribution >= 4 is 49.6 Å². The first kappa shape index (κ1) is 15.3. The highest BCUT2D eigenvalue weighted by Gasteiger charge is 2.14. The quantitative estimate of drug-likeness (QED) is 0.758. The number of carbonyl (C=O) groups is 1. The van der Waals surface area contributed by atoms with Crippen LogP contribution in [0.2, 0.25) is 0 Å². The van der Waals surface area contributed by atoms with Crippen molar-refractivity contribution in [3.8, 4) is 5.88 Å². The van der Waals surface area contributed by atoms with Gasteiger partial charge in [-0.25, -0.2) is 9.78 Å². The number of carboxylic acids is 1. The minimum absolute atomic E-state index is 0.198. The van der Waals surface area contributed by atoms with E-state index < -0.39 is 5.97 Å². The predicted molar refractivity (Wildman–Crippen MR) is 81.5 cm³/mol. The van der Waals surface area contributed by atoms with Gasteiger partial charge in [0.15, 0.2) is 5.16 Å². The second kappa shape index (κ2) is 6.55. The van der Waals surface area contributed by atoms with Crippen LogP contribution < -0.4 is 4.74 Å². The number of carboxylic acid groups (broad SMARTS) is 1. The molecular formula is C12H8Br2N2O3S. The number of halogens is 2. The number of rotatable bonds is 4. The molecule has 0 radical (unpaired) electrons. The van der Waals surface area contributed by atoms with Gasteiger partial charge in [0, 0.05) is 15.6 Å². The van der Waals surface area contributed by atoms with Gasteiger partial charge < -0.3 is 9.84 Å². The third-order valence-corrected chi connectivity index (χ3v) is 4.23. The molecule has 0 atom stereocenters. The lowest BCUT2D eigenvalue weighted by molar-refractivity contribution is 0.0693. The number of nitrogens with zero attached hydrogens (tertiary/aromatic N) is 2. The maximum Gasteiger partial charge on any atom is 0.336 e. The van der Waals surface area contributed by atoms with E-state index in [2.05, 4.69) is 41.8 Å². The minimum Gasteiger partial charge on any atom is -0.480 e. The molecule has 1 heterocycles. The number of hydrogen-bond donors (Lipinski definition) is 1. The van der Waals surface area contributed by atoms with E-state index in [1.807, 2.05) is 0 Å². The Morgan fingerprint density at radius 2 is 2.15 bits per heavy atom. The maximum absolute atomic E-state index is 11.2. The molecule has 5 nitrogen and oxygen atoms in total. The van der Waals surface area contributed by atoms with Gasteiger partial charge in [0.1, 0.15) is 0 Å². The van der Waals surface area contributed by atoms with Crippen molar-refractivity contribution in [2.24, 2.45) is 0 Å². The Bertz CT molecular complexity index is 667. The fourth-order valence-corrected chi connectivity index (χ4v) is 3.13. The zero-order valence-corrected chi connectivity index (χ0v) is 14.1. The molecule has 0 aliphatic carbocycles. The molecule has 0 aliphatic rings. The summed E-state index contributed by atoms with van der Waals surface area (Å²) in [6, 6.07) is 4.92. The summed E-state index contributed by atoms with van der Waals surface area (Å²) in [5.41, 5.74) is 0.198. The Morgan fingerprint density at radius 3 is 2.80 bits per heavy atom. The molecule has 0 fully saturated rings. The van der Waals surface area contributed by atoms with Crippen LogP contribution in [-0.2, 0) is 0 Å². The Hall–Kier alpha value is -1.12. The Kier molecular flexibility index (Phi) is 5.00. The fourth-order valence-electron chi connectivity index (χ4n) is 1.38. The van der Waals surface area contributed by atoms with Gasteiger partial charge in [0.2, 0.25) is 5.88 Å². The fraction of sp³-hybridized carbons (Fsp3) is 0.0833. The van der Waals surface area contributed by atoms with E-state index >= 15 is 0 Å². The third kappa shape index (κ3) is 3.50. The summed E-state index contributed by atoms with van der Waals surface area (Å²) in [5, 5.41) is 9.59. The van der Waals surface area contributed by atoms with Crippen molar-refractivity contribution in [2.45, 2.75) is 10.1 Å². The van der Waals surface area contributed by atoms with Gasteiger partial charge >= 0.3 is 5.97 Å². The van der Waals surface area contributed by atoms with Gasteiger partial charge in [-0.05, 0) is 45.9 Å². The summed E-state index contributed by atoms with van der Waals surface area (Å²) in [6.45, 7) is 0. The topological polar surface area (TPSA) is 72.3 Å². The zero-order chi connectivity index (χ0) is 14.7. The number of ether oxygens (including phenoxy) is 1. The van der Waals surface area contributed by atoms with Crippen LogP contribution in [0.15, 0.2) is 43.4 Å². The van der Waals surface area contributed by atoms with E-state index in [0.717, 1.165) is 16.2 Å². The molecule has 0 saturated heterocycles. The van der Waals surface area contributed by atoms with Crippen LogP contribution >= 0.6 is 43.6 Å². The van der Waals surface area contributed by atoms with Crippen LogP contribution in [0.3, 0.4) is 0 Å². The predicted octanol–water partition coefficient (Wildman–Crippen LogP) is 3.86. The lowest BCUT2D eigenvalue weighted by Crippen LogP contribution is -1.99. The summed E-state index contributed by atoms with van der Waals surface area (Å²) >= 11 is 7.74. The summed E-state index contributed by atoms with van der Waals surface area (Å²) in [4.78, 5) is 20.1. The average molecular weight is 420 g/mol. The van der Waals surface area contributed by atoms with E-state index in [9.17, 15) is 9.90 Å². The van der Waals surface area contributed by atoms with E-state index in [1.54, 1.807) is 18.3 Å². The number of hydrogen-bond acceptors (Lipinski definition) is 5. The normalized spacial score (nSPS) is 10.3. The first-order chi connectivity index (χ1) is 9.51. The number of aromatic nitrogens is 2. The molecule has 0 spiro atoms. The molecule has 0 amide bonds. The first-order valence-electron chi connectivity index (χ1n) is 5.28. The summed E-state index contributed by atoms with van der Waals surface area (Å²) < 4.78 is 6.51. The first-order valence-corrected chi connectivity index (χ1v) is 7.68. The van der Waals surface area contributed by atoms with Crippen LogP contribution in [0.1, 0.15) is 10.4 Å². The van der Waals surface area contributed by atoms with Gasteiger partial charge in [-0.1, -0.05) is 15.9 Å². The maximum atomic E-state index is 11.2. The molecule has 2 aromatic rings. The van der Waals surface area contributed by atoms with Crippen LogP contribution in [-0.4, -0.2) is 28.2 Å². The average Bonchev–Trinajstić information content (AvgIpc) is 2.40. The third-order valence-electron chi connectivity index (χ3n) is 2.26. The van der Waals surface area contributed by atoms with Crippen LogP contribution in [0.5, 0.6) is 5.88 Å². The van der Waals surface area contributed by atoms with Crippen LogP contribution in [0.25, 0.3) is 0 Å². The molecule has 1 aromatic heterocycles. The minimum atomic E-state index is -0.996. The van der Waals surface area contributed by atoms with E-state index in [1.165, 1.54) is 13.2 Å². The highest BCUT2D eigenvalue weighted by atomic mass is 79.9. The van der Waals surface area contributed by atoms with Crippen molar-refractivity contribution in [1.82, 2.24) is 9.97 Å².